The van der Waals surface area contributed by atoms with E-state index >= 15 is 0 Å². The number of rotatable bonds is 6. The van der Waals surface area contributed by atoms with E-state index in [4.69, 9.17) is 6.42 Å². The van der Waals surface area contributed by atoms with Crippen LogP contribution in [0.25, 0.3) is 0 Å². The zero-order valence-electron chi connectivity index (χ0n) is 8.22. The van der Waals surface area contributed by atoms with Crippen LogP contribution in [0.5, 0.6) is 0 Å². The second-order valence-corrected chi connectivity index (χ2v) is 4.76. The molecule has 1 aliphatic rings. The lowest BCUT2D eigenvalue weighted by atomic mass is 10.1. The monoisotopic (exact) mass is 197 g/mol. The highest BCUT2D eigenvalue weighted by atomic mass is 32.2. The Hall–Kier alpha value is -0.130. The second kappa shape index (κ2) is 7.29. The number of hydrogen-bond acceptors (Lipinski definition) is 2. The molecule has 0 aromatic heterocycles. The van der Waals surface area contributed by atoms with Crippen LogP contribution in [0, 0.1) is 18.3 Å². The average Bonchev–Trinajstić information content (AvgIpc) is 2.63. The summed E-state index contributed by atoms with van der Waals surface area (Å²) in [7, 11) is 0. The van der Waals surface area contributed by atoms with Gasteiger partial charge in [0, 0.05) is 12.3 Å². The van der Waals surface area contributed by atoms with Gasteiger partial charge < -0.3 is 5.32 Å². The zero-order valence-corrected chi connectivity index (χ0v) is 9.04. The van der Waals surface area contributed by atoms with Crippen LogP contribution >= 0.6 is 11.8 Å². The van der Waals surface area contributed by atoms with Gasteiger partial charge in [0.2, 0.25) is 0 Å². The molecule has 0 amide bonds. The Balaban J connectivity index is 1.81. The van der Waals surface area contributed by atoms with Crippen LogP contribution < -0.4 is 5.32 Å². The molecule has 0 bridgehead atoms. The Morgan fingerprint density at radius 1 is 1.38 bits per heavy atom. The van der Waals surface area contributed by atoms with Crippen LogP contribution in [0.15, 0.2) is 0 Å². The van der Waals surface area contributed by atoms with Crippen molar-refractivity contribution in [1.82, 2.24) is 5.32 Å². The number of nitrogens with one attached hydrogen (secondary N) is 1. The summed E-state index contributed by atoms with van der Waals surface area (Å²) >= 11 is 2.07. The van der Waals surface area contributed by atoms with E-state index in [-0.39, 0.29) is 0 Å². The van der Waals surface area contributed by atoms with E-state index in [0.29, 0.717) is 6.54 Å². The van der Waals surface area contributed by atoms with Crippen molar-refractivity contribution in [3.63, 3.8) is 0 Å². The third-order valence-corrected chi connectivity index (χ3v) is 3.68. The van der Waals surface area contributed by atoms with Crippen LogP contribution in [0.2, 0.25) is 0 Å². The third kappa shape index (κ3) is 5.23. The second-order valence-electron chi connectivity index (χ2n) is 3.61. The lowest BCUT2D eigenvalue weighted by Crippen LogP contribution is -2.17. The summed E-state index contributed by atoms with van der Waals surface area (Å²) in [6.45, 7) is 1.77. The highest BCUT2D eigenvalue weighted by molar-refractivity contribution is 7.99. The molecule has 0 spiro atoms. The first-order valence-corrected chi connectivity index (χ1v) is 6.31. The number of hydrogen-bond donors (Lipinski definition) is 1. The topological polar surface area (TPSA) is 12.0 Å². The highest BCUT2D eigenvalue weighted by Gasteiger charge is 2.13. The van der Waals surface area contributed by atoms with Crippen LogP contribution in [0.1, 0.15) is 25.7 Å². The van der Waals surface area contributed by atoms with Crippen molar-refractivity contribution in [3.8, 4) is 12.3 Å². The van der Waals surface area contributed by atoms with Gasteiger partial charge in [-0.2, -0.15) is 11.8 Å². The largest absolute Gasteiger partial charge is 0.305 e. The minimum absolute atomic E-state index is 0.712. The van der Waals surface area contributed by atoms with Gasteiger partial charge in [-0.3, -0.25) is 0 Å². The molecule has 13 heavy (non-hydrogen) atoms. The molecule has 0 aliphatic heterocycles. The average molecular weight is 197 g/mol. The Labute approximate surface area is 86.1 Å². The first-order valence-electron chi connectivity index (χ1n) is 5.15. The van der Waals surface area contributed by atoms with Crippen molar-refractivity contribution in [2.45, 2.75) is 25.7 Å². The van der Waals surface area contributed by atoms with Gasteiger partial charge in [0.05, 0.1) is 6.54 Å². The molecular formula is C11H19NS. The molecule has 0 atom stereocenters. The lowest BCUT2D eigenvalue weighted by molar-refractivity contribution is 0.623. The molecule has 1 N–H and O–H groups in total. The van der Waals surface area contributed by atoms with E-state index in [2.05, 4.69) is 23.0 Å². The molecule has 0 heterocycles. The molecule has 1 rings (SSSR count). The van der Waals surface area contributed by atoms with E-state index in [1.165, 1.54) is 37.2 Å². The maximum absolute atomic E-state index is 5.12. The predicted molar refractivity (Wildman–Crippen MR) is 61.0 cm³/mol. The fourth-order valence-electron chi connectivity index (χ4n) is 1.73. The summed E-state index contributed by atoms with van der Waals surface area (Å²) in [6.07, 6.45) is 11.0. The van der Waals surface area contributed by atoms with Gasteiger partial charge in [-0.25, -0.2) is 0 Å². The fraction of sp³-hybridized carbons (Fsp3) is 0.818. The Bertz CT molecular complexity index is 156. The summed E-state index contributed by atoms with van der Waals surface area (Å²) in [5.41, 5.74) is 0. The van der Waals surface area contributed by atoms with Crippen molar-refractivity contribution in [2.24, 2.45) is 5.92 Å². The lowest BCUT2D eigenvalue weighted by Gasteiger charge is -2.07. The molecule has 74 valence electrons. The quantitative estimate of drug-likeness (QED) is 0.517. The van der Waals surface area contributed by atoms with Crippen molar-refractivity contribution in [3.05, 3.63) is 0 Å². The van der Waals surface area contributed by atoms with E-state index in [9.17, 15) is 0 Å². The van der Waals surface area contributed by atoms with Gasteiger partial charge in [-0.15, -0.1) is 6.42 Å². The van der Waals surface area contributed by atoms with Gasteiger partial charge in [0.25, 0.3) is 0 Å². The maximum Gasteiger partial charge on any atom is 0.0574 e. The van der Waals surface area contributed by atoms with Gasteiger partial charge in [0.1, 0.15) is 0 Å². The van der Waals surface area contributed by atoms with Crippen molar-refractivity contribution in [2.75, 3.05) is 24.6 Å². The van der Waals surface area contributed by atoms with Crippen molar-refractivity contribution in [1.29, 1.82) is 0 Å². The van der Waals surface area contributed by atoms with Gasteiger partial charge >= 0.3 is 0 Å². The summed E-state index contributed by atoms with van der Waals surface area (Å²) in [5, 5.41) is 3.20. The molecule has 1 fully saturated rings. The highest BCUT2D eigenvalue weighted by Crippen LogP contribution is 2.27. The number of thioether (sulfide) groups is 1. The van der Waals surface area contributed by atoms with Crippen LogP contribution in [0.4, 0.5) is 0 Å². The summed E-state index contributed by atoms with van der Waals surface area (Å²) in [4.78, 5) is 0. The molecule has 1 saturated carbocycles. The molecule has 0 unspecified atom stereocenters. The Morgan fingerprint density at radius 3 is 2.85 bits per heavy atom. The fourth-order valence-corrected chi connectivity index (χ4v) is 2.85. The summed E-state index contributed by atoms with van der Waals surface area (Å²) < 4.78 is 0. The van der Waals surface area contributed by atoms with Crippen molar-refractivity contribution >= 4 is 11.8 Å². The molecular weight excluding hydrogens is 178 g/mol. The van der Waals surface area contributed by atoms with Gasteiger partial charge in [-0.1, -0.05) is 18.8 Å². The molecule has 2 heteroatoms. The zero-order chi connectivity index (χ0) is 9.36. The molecule has 0 aromatic rings. The van der Waals surface area contributed by atoms with E-state index < -0.39 is 0 Å². The molecule has 1 nitrogen and oxygen atoms in total. The molecule has 0 radical (unpaired) electrons. The smallest absolute Gasteiger partial charge is 0.0574 e. The van der Waals surface area contributed by atoms with E-state index in [0.717, 1.165) is 12.5 Å². The summed E-state index contributed by atoms with van der Waals surface area (Å²) in [6, 6.07) is 0. The normalized spacial score (nSPS) is 17.5. The summed E-state index contributed by atoms with van der Waals surface area (Å²) in [5.74, 6) is 6.16. The maximum atomic E-state index is 5.12. The van der Waals surface area contributed by atoms with Crippen LogP contribution in [-0.4, -0.2) is 24.6 Å². The molecule has 0 aromatic carbocycles. The Kier molecular flexibility index (Phi) is 6.14. The van der Waals surface area contributed by atoms with Crippen molar-refractivity contribution < 1.29 is 0 Å². The third-order valence-electron chi connectivity index (χ3n) is 2.48. The first kappa shape index (κ1) is 10.9. The van der Waals surface area contributed by atoms with Crippen LogP contribution in [0.3, 0.4) is 0 Å². The van der Waals surface area contributed by atoms with Crippen LogP contribution in [-0.2, 0) is 0 Å². The van der Waals surface area contributed by atoms with Gasteiger partial charge in [0.15, 0.2) is 0 Å². The first-order chi connectivity index (χ1) is 6.43. The minimum atomic E-state index is 0.712. The van der Waals surface area contributed by atoms with E-state index in [1.807, 2.05) is 0 Å². The Morgan fingerprint density at radius 2 is 2.15 bits per heavy atom. The minimum Gasteiger partial charge on any atom is -0.305 e. The SMILES string of the molecule is C#CCNCCSCC1CCCC1. The number of terminal acetylenes is 1. The molecule has 0 saturated heterocycles. The van der Waals surface area contributed by atoms with E-state index in [1.54, 1.807) is 0 Å². The standard InChI is InChI=1S/C11H19NS/c1-2-7-12-8-9-13-10-11-5-3-4-6-11/h1,11-12H,3-10H2. The molecule has 1 aliphatic carbocycles. The van der Waals surface area contributed by atoms with Gasteiger partial charge in [-0.05, 0) is 24.5 Å². The predicted octanol–water partition coefficient (Wildman–Crippen LogP) is 2.13.